The number of carbonyl (C=O) groups excluding carboxylic acids is 1. The first-order valence-electron chi connectivity index (χ1n) is 12.8. The van der Waals surface area contributed by atoms with Crippen LogP contribution in [0.15, 0.2) is 11.6 Å². The van der Waals surface area contributed by atoms with Gasteiger partial charge < -0.3 is 29.5 Å². The normalized spacial score (nSPS) is 36.2. The van der Waals surface area contributed by atoms with E-state index in [1.54, 1.807) is 6.92 Å². The smallest absolute Gasteiger partial charge is 0.303 e. The number of rotatable bonds is 4. The van der Waals surface area contributed by atoms with Gasteiger partial charge in [0.05, 0.1) is 6.10 Å². The minimum Gasteiger partial charge on any atom is -0.504 e. The van der Waals surface area contributed by atoms with E-state index >= 15 is 0 Å². The number of benzene rings is 1. The van der Waals surface area contributed by atoms with E-state index in [-0.39, 0.29) is 17.6 Å². The Morgan fingerprint density at radius 2 is 1.71 bits per heavy atom. The number of phenolic OH excluding ortho intramolecular Hbond substituents is 1. The summed E-state index contributed by atoms with van der Waals surface area (Å²) in [7, 11) is 0. The number of allylic oxidation sites excluding steroid dienone is 2. The maximum absolute atomic E-state index is 11.6. The number of carbonyl (C=O) groups is 1. The highest BCUT2D eigenvalue weighted by molar-refractivity contribution is 5.66. The molecule has 0 radical (unpaired) electrons. The van der Waals surface area contributed by atoms with Gasteiger partial charge in [0.15, 0.2) is 23.7 Å². The van der Waals surface area contributed by atoms with E-state index < -0.39 is 36.7 Å². The van der Waals surface area contributed by atoms with Gasteiger partial charge in [0.2, 0.25) is 6.29 Å². The highest BCUT2D eigenvalue weighted by Crippen LogP contribution is 2.58. The summed E-state index contributed by atoms with van der Waals surface area (Å²) < 4.78 is 17.2. The number of phenols is 1. The van der Waals surface area contributed by atoms with Crippen molar-refractivity contribution in [1.29, 1.82) is 0 Å². The summed E-state index contributed by atoms with van der Waals surface area (Å²) in [4.78, 5) is 11.6. The monoisotopic (exact) mass is 488 g/mol. The zero-order chi connectivity index (χ0) is 25.8. The molecule has 194 valence electrons. The van der Waals surface area contributed by atoms with E-state index in [1.165, 1.54) is 23.6 Å². The van der Waals surface area contributed by atoms with Crippen LogP contribution >= 0.6 is 0 Å². The van der Waals surface area contributed by atoms with Crippen LogP contribution in [-0.2, 0) is 14.3 Å². The molecule has 1 aromatic rings. The Bertz CT molecular complexity index is 1010. The van der Waals surface area contributed by atoms with Crippen LogP contribution in [0.25, 0.3) is 0 Å². The average molecular weight is 489 g/mol. The van der Waals surface area contributed by atoms with E-state index in [0.717, 1.165) is 30.4 Å². The Balaban J connectivity index is 1.82. The molecule has 0 amide bonds. The second kappa shape index (κ2) is 9.75. The van der Waals surface area contributed by atoms with Crippen LogP contribution in [0.4, 0.5) is 0 Å². The molecule has 0 unspecified atom stereocenters. The Hall–Kier alpha value is -2.09. The highest BCUT2D eigenvalue weighted by Gasteiger charge is 2.47. The van der Waals surface area contributed by atoms with E-state index in [1.807, 2.05) is 6.92 Å². The van der Waals surface area contributed by atoms with Crippen LogP contribution in [0.5, 0.6) is 11.5 Å². The van der Waals surface area contributed by atoms with E-state index in [4.69, 9.17) is 14.2 Å². The Morgan fingerprint density at radius 3 is 2.34 bits per heavy atom. The van der Waals surface area contributed by atoms with Crippen LogP contribution in [0.2, 0.25) is 0 Å². The van der Waals surface area contributed by atoms with Gasteiger partial charge in [-0.05, 0) is 81.4 Å². The largest absolute Gasteiger partial charge is 0.504 e. The summed E-state index contributed by atoms with van der Waals surface area (Å²) in [5, 5.41) is 32.9. The summed E-state index contributed by atoms with van der Waals surface area (Å²) in [6.45, 7) is 13.5. The molecular weight excluding hydrogens is 448 g/mol. The van der Waals surface area contributed by atoms with Gasteiger partial charge in [-0.25, -0.2) is 0 Å². The second-order valence-electron chi connectivity index (χ2n) is 11.1. The molecule has 0 bridgehead atoms. The number of aliphatic hydroxyl groups excluding tert-OH is 2. The van der Waals surface area contributed by atoms with Crippen molar-refractivity contribution in [3.8, 4) is 11.5 Å². The lowest BCUT2D eigenvalue weighted by molar-refractivity contribution is -0.272. The topological polar surface area (TPSA) is 105 Å². The van der Waals surface area contributed by atoms with Crippen LogP contribution in [0.3, 0.4) is 0 Å². The summed E-state index contributed by atoms with van der Waals surface area (Å²) in [5.41, 5.74) is 5.49. The van der Waals surface area contributed by atoms with Crippen molar-refractivity contribution >= 4 is 5.97 Å². The molecule has 1 saturated heterocycles. The fourth-order valence-corrected chi connectivity index (χ4v) is 6.48. The number of aromatic hydroxyl groups is 1. The molecule has 35 heavy (non-hydrogen) atoms. The zero-order valence-corrected chi connectivity index (χ0v) is 21.9. The van der Waals surface area contributed by atoms with Gasteiger partial charge in [-0.2, -0.15) is 0 Å². The second-order valence-corrected chi connectivity index (χ2v) is 11.1. The third-order valence-corrected chi connectivity index (χ3v) is 8.11. The van der Waals surface area contributed by atoms with Crippen LogP contribution < -0.4 is 4.74 Å². The van der Waals surface area contributed by atoms with Crippen LogP contribution in [0.1, 0.15) is 101 Å². The third-order valence-electron chi connectivity index (χ3n) is 8.11. The molecule has 2 aliphatic carbocycles. The standard InChI is InChI=1S/C28H40O7/c1-12(2)10-18-11-14(4)19-9-8-13(3)20-22(19)21(18)15(5)26(24(20)31)35-28-25(32)27(34-17(7)29)23(30)16(6)33-28/h10,13-14,16,18-19,23,25,27-28,30-32H,8-9,11H2,1-7H3/t13-,14-,16+,18+,19+,23-,25+,27-,28+/m0/s1. The van der Waals surface area contributed by atoms with Gasteiger partial charge in [0.1, 0.15) is 6.10 Å². The number of esters is 1. The Kier molecular flexibility index (Phi) is 7.24. The van der Waals surface area contributed by atoms with Crippen molar-refractivity contribution in [2.75, 3.05) is 0 Å². The number of ether oxygens (including phenoxy) is 3. The first kappa shape index (κ1) is 26.0. The predicted molar refractivity (Wildman–Crippen MR) is 132 cm³/mol. The lowest BCUT2D eigenvalue weighted by Gasteiger charge is -2.44. The van der Waals surface area contributed by atoms with Gasteiger partial charge in [0.25, 0.3) is 0 Å². The highest BCUT2D eigenvalue weighted by atomic mass is 16.7. The molecule has 1 aromatic carbocycles. The Labute approximate surface area is 208 Å². The van der Waals surface area contributed by atoms with Crippen molar-refractivity contribution in [1.82, 2.24) is 0 Å². The maximum Gasteiger partial charge on any atom is 0.303 e. The van der Waals surface area contributed by atoms with Crippen molar-refractivity contribution in [3.05, 3.63) is 33.9 Å². The first-order valence-corrected chi connectivity index (χ1v) is 12.8. The quantitative estimate of drug-likeness (QED) is 0.422. The molecule has 4 rings (SSSR count). The fourth-order valence-electron chi connectivity index (χ4n) is 6.48. The molecule has 1 heterocycles. The summed E-state index contributed by atoms with van der Waals surface area (Å²) in [6, 6.07) is 0. The van der Waals surface area contributed by atoms with Crippen molar-refractivity contribution in [2.24, 2.45) is 5.92 Å². The van der Waals surface area contributed by atoms with E-state index in [2.05, 4.69) is 33.8 Å². The van der Waals surface area contributed by atoms with E-state index in [9.17, 15) is 20.1 Å². The SMILES string of the molecule is CC(=O)O[C@H]1[C@@H](O)[C@@H](C)O[C@H](Oc2c(C)c3c4c(c2O)[C@@H](C)CC[C@@H]4[C@@H](C)C[C@H]3C=C(C)C)[C@@H]1O. The average Bonchev–Trinajstić information content (AvgIpc) is 2.76. The zero-order valence-electron chi connectivity index (χ0n) is 21.9. The molecule has 1 aliphatic heterocycles. The Morgan fingerprint density at radius 1 is 1.03 bits per heavy atom. The van der Waals surface area contributed by atoms with E-state index in [0.29, 0.717) is 17.6 Å². The van der Waals surface area contributed by atoms with Gasteiger partial charge in [-0.15, -0.1) is 0 Å². The molecule has 9 atom stereocenters. The van der Waals surface area contributed by atoms with Crippen molar-refractivity contribution in [3.63, 3.8) is 0 Å². The minimum atomic E-state index is -1.42. The molecule has 1 fully saturated rings. The lowest BCUT2D eigenvalue weighted by atomic mass is 9.62. The molecule has 0 aromatic heterocycles. The molecular formula is C28H40O7. The van der Waals surface area contributed by atoms with Gasteiger partial charge in [0, 0.05) is 18.4 Å². The van der Waals surface area contributed by atoms with Gasteiger partial charge >= 0.3 is 5.97 Å². The van der Waals surface area contributed by atoms with Crippen LogP contribution in [-0.4, -0.2) is 52.0 Å². The molecule has 3 N–H and O–H groups in total. The minimum absolute atomic E-state index is 0.0992. The van der Waals surface area contributed by atoms with Gasteiger partial charge in [-0.3, -0.25) is 4.79 Å². The summed E-state index contributed by atoms with van der Waals surface area (Å²) in [5.74, 6) is 1.07. The summed E-state index contributed by atoms with van der Waals surface area (Å²) in [6.07, 6.45) is -0.341. The van der Waals surface area contributed by atoms with Gasteiger partial charge in [-0.1, -0.05) is 25.5 Å². The van der Waals surface area contributed by atoms with Crippen molar-refractivity contribution in [2.45, 2.75) is 116 Å². The maximum atomic E-state index is 11.6. The fraction of sp³-hybridized carbons (Fsp3) is 0.679. The molecule has 0 saturated carbocycles. The first-order chi connectivity index (χ1) is 16.4. The molecule has 7 heteroatoms. The lowest BCUT2D eigenvalue weighted by Crippen LogP contribution is -2.59. The predicted octanol–water partition coefficient (Wildman–Crippen LogP) is 4.55. The molecule has 3 aliphatic rings. The van der Waals surface area contributed by atoms with Crippen LogP contribution in [0, 0.1) is 12.8 Å². The molecule has 7 nitrogen and oxygen atoms in total. The number of aliphatic hydroxyl groups is 2. The van der Waals surface area contributed by atoms with Crippen molar-refractivity contribution < 1.29 is 34.3 Å². The molecule has 0 spiro atoms. The third kappa shape index (κ3) is 4.58. The number of hydrogen-bond acceptors (Lipinski definition) is 7. The number of hydrogen-bond donors (Lipinski definition) is 3. The summed E-state index contributed by atoms with van der Waals surface area (Å²) >= 11 is 0.